The first-order valence-corrected chi connectivity index (χ1v) is 9.10. The average molecular weight is 336 g/mol. The molecular weight excluding hydrogens is 312 g/mol. The number of aryl methyl sites for hydroxylation is 1. The van der Waals surface area contributed by atoms with Gasteiger partial charge >= 0.3 is 0 Å². The minimum Gasteiger partial charge on any atom is -0.354 e. The van der Waals surface area contributed by atoms with Crippen molar-refractivity contribution in [3.05, 3.63) is 47.7 Å². The number of amides is 1. The summed E-state index contributed by atoms with van der Waals surface area (Å²) in [5.74, 6) is 1.14. The smallest absolute Gasteiger partial charge is 0.232 e. The lowest BCUT2D eigenvalue weighted by Gasteiger charge is -2.35. The predicted octanol–water partition coefficient (Wildman–Crippen LogP) is 2.98. The zero-order valence-corrected chi connectivity index (χ0v) is 14.9. The highest BCUT2D eigenvalue weighted by Gasteiger charge is 2.36. The molecule has 1 amide bonds. The molecule has 2 unspecified atom stereocenters. The summed E-state index contributed by atoms with van der Waals surface area (Å²) >= 11 is 0. The van der Waals surface area contributed by atoms with Gasteiger partial charge in [-0.2, -0.15) is 5.10 Å². The van der Waals surface area contributed by atoms with Crippen LogP contribution in [0.3, 0.4) is 0 Å². The normalized spacial score (nSPS) is 22.8. The zero-order chi connectivity index (χ0) is 17.4. The standard InChI is InChI=1S/C20H24N4O/c1-14-9-10-19(22-21-14)23-11-5-7-17(13-23)20(25)24-15(2)12-16-6-3-4-8-18(16)24/h3-4,6,8-10,15,17H,5,7,11-13H2,1-2H3. The van der Waals surface area contributed by atoms with Crippen molar-refractivity contribution in [3.63, 3.8) is 0 Å². The van der Waals surface area contributed by atoms with E-state index in [0.29, 0.717) is 0 Å². The molecule has 2 atom stereocenters. The maximum Gasteiger partial charge on any atom is 0.232 e. The summed E-state index contributed by atoms with van der Waals surface area (Å²) in [5.41, 5.74) is 3.28. The fourth-order valence-electron chi connectivity index (χ4n) is 4.05. The topological polar surface area (TPSA) is 49.3 Å². The van der Waals surface area contributed by atoms with Gasteiger partial charge in [0, 0.05) is 24.8 Å². The van der Waals surface area contributed by atoms with Crippen molar-refractivity contribution < 1.29 is 4.79 Å². The van der Waals surface area contributed by atoms with Gasteiger partial charge in [0.25, 0.3) is 0 Å². The van der Waals surface area contributed by atoms with Crippen LogP contribution in [0.25, 0.3) is 0 Å². The Hall–Kier alpha value is -2.43. The molecule has 1 fully saturated rings. The lowest BCUT2D eigenvalue weighted by molar-refractivity contribution is -0.122. The van der Waals surface area contributed by atoms with E-state index in [1.54, 1.807) is 0 Å². The molecule has 5 nitrogen and oxygen atoms in total. The van der Waals surface area contributed by atoms with Crippen LogP contribution in [0.4, 0.5) is 11.5 Å². The Bertz CT molecular complexity index is 774. The molecule has 2 aliphatic heterocycles. The van der Waals surface area contributed by atoms with Crippen molar-refractivity contribution >= 4 is 17.4 Å². The van der Waals surface area contributed by atoms with Crippen LogP contribution >= 0.6 is 0 Å². The molecule has 1 saturated heterocycles. The minimum atomic E-state index is 0.0189. The molecule has 3 heterocycles. The monoisotopic (exact) mass is 336 g/mol. The second-order valence-electron chi connectivity index (χ2n) is 7.21. The fourth-order valence-corrected chi connectivity index (χ4v) is 4.05. The third-order valence-electron chi connectivity index (χ3n) is 5.32. The van der Waals surface area contributed by atoms with Gasteiger partial charge in [-0.3, -0.25) is 4.79 Å². The molecule has 0 saturated carbocycles. The largest absolute Gasteiger partial charge is 0.354 e. The maximum absolute atomic E-state index is 13.3. The highest BCUT2D eigenvalue weighted by atomic mass is 16.2. The first kappa shape index (κ1) is 16.1. The number of carbonyl (C=O) groups excluding carboxylic acids is 1. The van der Waals surface area contributed by atoms with Crippen LogP contribution in [-0.2, 0) is 11.2 Å². The van der Waals surface area contributed by atoms with Crippen molar-refractivity contribution in [1.29, 1.82) is 0 Å². The van der Waals surface area contributed by atoms with Crippen LogP contribution in [-0.4, -0.2) is 35.2 Å². The molecule has 2 aliphatic rings. The van der Waals surface area contributed by atoms with Crippen molar-refractivity contribution in [2.75, 3.05) is 22.9 Å². The molecule has 2 aromatic rings. The van der Waals surface area contributed by atoms with Gasteiger partial charge < -0.3 is 9.80 Å². The third kappa shape index (κ3) is 2.99. The van der Waals surface area contributed by atoms with Crippen LogP contribution in [0.5, 0.6) is 0 Å². The summed E-state index contributed by atoms with van der Waals surface area (Å²) in [6.07, 6.45) is 2.90. The molecule has 130 valence electrons. The van der Waals surface area contributed by atoms with Crippen LogP contribution in [0.2, 0.25) is 0 Å². The van der Waals surface area contributed by atoms with Crippen molar-refractivity contribution in [1.82, 2.24) is 10.2 Å². The molecule has 1 aromatic heterocycles. The van der Waals surface area contributed by atoms with Gasteiger partial charge in [-0.15, -0.1) is 5.10 Å². The van der Waals surface area contributed by atoms with E-state index in [1.807, 2.05) is 30.0 Å². The van der Waals surface area contributed by atoms with E-state index >= 15 is 0 Å². The number of hydrogen-bond donors (Lipinski definition) is 0. The quantitative estimate of drug-likeness (QED) is 0.846. The maximum atomic E-state index is 13.3. The number of benzene rings is 1. The zero-order valence-electron chi connectivity index (χ0n) is 14.9. The van der Waals surface area contributed by atoms with Crippen LogP contribution in [0.1, 0.15) is 31.0 Å². The Kier molecular flexibility index (Phi) is 4.15. The number of piperidine rings is 1. The molecular formula is C20H24N4O. The van der Waals surface area contributed by atoms with Gasteiger partial charge in [-0.1, -0.05) is 18.2 Å². The predicted molar refractivity (Wildman–Crippen MR) is 98.8 cm³/mol. The number of aromatic nitrogens is 2. The Labute approximate surface area is 148 Å². The number of anilines is 2. The second kappa shape index (κ2) is 6.47. The molecule has 4 rings (SSSR count). The summed E-state index contributed by atoms with van der Waals surface area (Å²) in [5, 5.41) is 8.45. The summed E-state index contributed by atoms with van der Waals surface area (Å²) in [6, 6.07) is 12.5. The van der Waals surface area contributed by atoms with Crippen LogP contribution in [0.15, 0.2) is 36.4 Å². The average Bonchev–Trinajstić information content (AvgIpc) is 2.97. The lowest BCUT2D eigenvalue weighted by Crippen LogP contribution is -2.47. The molecule has 0 N–H and O–H groups in total. The molecule has 0 spiro atoms. The van der Waals surface area contributed by atoms with Crippen LogP contribution in [0, 0.1) is 12.8 Å². The van der Waals surface area contributed by atoms with Crippen molar-refractivity contribution in [2.45, 2.75) is 39.2 Å². The highest BCUT2D eigenvalue weighted by Crippen LogP contribution is 2.34. The Morgan fingerprint density at radius 1 is 1.16 bits per heavy atom. The highest BCUT2D eigenvalue weighted by molar-refractivity contribution is 5.98. The first-order valence-electron chi connectivity index (χ1n) is 9.10. The summed E-state index contributed by atoms with van der Waals surface area (Å²) < 4.78 is 0. The van der Waals surface area contributed by atoms with Gasteiger partial charge in [-0.05, 0) is 56.9 Å². The fraction of sp³-hybridized carbons (Fsp3) is 0.450. The first-order chi connectivity index (χ1) is 12.1. The van der Waals surface area contributed by atoms with E-state index in [2.05, 4.69) is 40.2 Å². The number of hydrogen-bond acceptors (Lipinski definition) is 4. The number of nitrogens with zero attached hydrogens (tertiary/aromatic N) is 4. The Morgan fingerprint density at radius 2 is 2.00 bits per heavy atom. The van der Waals surface area contributed by atoms with E-state index < -0.39 is 0 Å². The Morgan fingerprint density at radius 3 is 2.80 bits per heavy atom. The van der Waals surface area contributed by atoms with E-state index in [1.165, 1.54) is 5.56 Å². The van der Waals surface area contributed by atoms with Gasteiger partial charge in [-0.25, -0.2) is 0 Å². The second-order valence-corrected chi connectivity index (χ2v) is 7.21. The number of rotatable bonds is 2. The van der Waals surface area contributed by atoms with Crippen molar-refractivity contribution in [2.24, 2.45) is 5.92 Å². The SMILES string of the molecule is Cc1ccc(N2CCCC(C(=O)N3c4ccccc4CC3C)C2)nn1. The number of carbonyl (C=O) groups is 1. The van der Waals surface area contributed by atoms with Crippen LogP contribution < -0.4 is 9.80 Å². The van der Waals surface area contributed by atoms with E-state index in [0.717, 1.165) is 49.6 Å². The molecule has 5 heteroatoms. The van der Waals surface area contributed by atoms with Gasteiger partial charge in [0.15, 0.2) is 5.82 Å². The number of para-hydroxylation sites is 1. The van der Waals surface area contributed by atoms with E-state index in [9.17, 15) is 4.79 Å². The van der Waals surface area contributed by atoms with E-state index in [-0.39, 0.29) is 17.9 Å². The van der Waals surface area contributed by atoms with Crippen molar-refractivity contribution in [3.8, 4) is 0 Å². The van der Waals surface area contributed by atoms with Gasteiger partial charge in [0.1, 0.15) is 0 Å². The minimum absolute atomic E-state index is 0.0189. The lowest BCUT2D eigenvalue weighted by atomic mass is 9.96. The van der Waals surface area contributed by atoms with E-state index in [4.69, 9.17) is 0 Å². The third-order valence-corrected chi connectivity index (χ3v) is 5.32. The molecule has 1 aromatic carbocycles. The van der Waals surface area contributed by atoms with Gasteiger partial charge in [0.2, 0.25) is 5.91 Å². The number of fused-ring (bicyclic) bond motifs is 1. The summed E-state index contributed by atoms with van der Waals surface area (Å²) in [6.45, 7) is 5.74. The molecule has 0 aliphatic carbocycles. The molecule has 0 radical (unpaired) electrons. The van der Waals surface area contributed by atoms with Gasteiger partial charge in [0.05, 0.1) is 11.6 Å². The molecule has 0 bridgehead atoms. The Balaban J connectivity index is 1.53. The summed E-state index contributed by atoms with van der Waals surface area (Å²) in [7, 11) is 0. The molecule has 25 heavy (non-hydrogen) atoms. The summed E-state index contributed by atoms with van der Waals surface area (Å²) in [4.78, 5) is 17.5.